The van der Waals surface area contributed by atoms with Crippen LogP contribution in [0.1, 0.15) is 31.2 Å². The van der Waals surface area contributed by atoms with Gasteiger partial charge in [0, 0.05) is 44.4 Å². The molecule has 0 bridgehead atoms. The lowest BCUT2D eigenvalue weighted by atomic mass is 9.81. The fraction of sp³-hybridized carbons (Fsp3) is 0.560. The zero-order chi connectivity index (χ0) is 26.4. The van der Waals surface area contributed by atoms with Crippen molar-refractivity contribution in [2.24, 2.45) is 11.8 Å². The Morgan fingerprint density at radius 3 is 2.51 bits per heavy atom. The van der Waals surface area contributed by atoms with E-state index in [-0.39, 0.29) is 24.1 Å². The lowest BCUT2D eigenvalue weighted by Gasteiger charge is -2.40. The van der Waals surface area contributed by atoms with Crippen molar-refractivity contribution in [3.63, 3.8) is 0 Å². The molecule has 1 saturated carbocycles. The number of alkyl halides is 3. The number of halogens is 3. The Morgan fingerprint density at radius 1 is 1.14 bits per heavy atom. The predicted octanol–water partition coefficient (Wildman–Crippen LogP) is 4.46. The summed E-state index contributed by atoms with van der Waals surface area (Å²) in [5.41, 5.74) is 1.04. The van der Waals surface area contributed by atoms with Gasteiger partial charge in [-0.1, -0.05) is 18.2 Å². The maximum Gasteiger partial charge on any atom is 0.573 e. The first-order valence-corrected chi connectivity index (χ1v) is 12.4. The number of β-amino-alcohol motifs (C(OH)–C–C–N with tert-alkyl or cyclic N) is 1. The van der Waals surface area contributed by atoms with Crippen molar-refractivity contribution in [3.8, 4) is 5.75 Å². The van der Waals surface area contributed by atoms with Gasteiger partial charge in [0.15, 0.2) is 7.11 Å². The Balaban J connectivity index is 1.35. The molecule has 0 spiro atoms. The number of rotatable bonds is 11. The molecule has 2 aliphatic rings. The molecule has 1 aliphatic heterocycles. The molecule has 2 aromatic rings. The van der Waals surface area contributed by atoms with Gasteiger partial charge in [-0.25, -0.2) is 9.82 Å². The van der Waals surface area contributed by atoms with Crippen molar-refractivity contribution in [1.82, 2.24) is 9.88 Å². The van der Waals surface area contributed by atoms with Crippen LogP contribution in [0.4, 0.5) is 30.4 Å². The molecule has 2 fully saturated rings. The van der Waals surface area contributed by atoms with Gasteiger partial charge in [-0.3, -0.25) is 4.90 Å². The summed E-state index contributed by atoms with van der Waals surface area (Å²) < 4.78 is 42.3. The van der Waals surface area contributed by atoms with E-state index in [9.17, 15) is 23.2 Å². The average Bonchev–Trinajstić information content (AvgIpc) is 2.85. The predicted molar refractivity (Wildman–Crippen MR) is 131 cm³/mol. The van der Waals surface area contributed by atoms with E-state index in [1.165, 1.54) is 31.5 Å². The molecule has 0 amide bonds. The van der Waals surface area contributed by atoms with Crippen molar-refractivity contribution in [1.29, 1.82) is 0 Å². The molecule has 0 atom stereocenters. The number of benzene rings is 1. The number of ether oxygens (including phenoxy) is 1. The van der Waals surface area contributed by atoms with Crippen LogP contribution in [-0.2, 0) is 11.4 Å². The quantitative estimate of drug-likeness (QED) is 0.371. The summed E-state index contributed by atoms with van der Waals surface area (Å²) in [5, 5.41) is 15.8. The second-order valence-corrected chi connectivity index (χ2v) is 9.68. The van der Waals surface area contributed by atoms with Gasteiger partial charge < -0.3 is 20.5 Å². The minimum atomic E-state index is -4.79. The summed E-state index contributed by atoms with van der Waals surface area (Å²) in [6, 6.07) is 7.53. The zero-order valence-electron chi connectivity index (χ0n) is 20.7. The number of para-hydroxylation sites is 1. The number of hydrogen-bond acceptors (Lipinski definition) is 8. The monoisotopic (exact) mass is 524 g/mol. The fourth-order valence-corrected chi connectivity index (χ4v) is 4.92. The van der Waals surface area contributed by atoms with Crippen molar-refractivity contribution >= 4 is 17.2 Å². The van der Waals surface area contributed by atoms with Gasteiger partial charge in [0.1, 0.15) is 23.5 Å². The molecule has 12 heteroatoms. The number of aliphatic hydroxyl groups excluding tert-OH is 1. The number of hydrogen-bond donors (Lipinski definition) is 3. The Kier molecular flexibility index (Phi) is 8.70. The van der Waals surface area contributed by atoms with Crippen LogP contribution in [0.3, 0.4) is 0 Å². The Morgan fingerprint density at radius 2 is 1.84 bits per heavy atom. The van der Waals surface area contributed by atoms with Gasteiger partial charge >= 0.3 is 12.0 Å². The highest BCUT2D eigenvalue weighted by atomic mass is 19.4. The maximum atomic E-state index is 12.7. The third kappa shape index (κ3) is 7.68. The van der Waals surface area contributed by atoms with Gasteiger partial charge in [0.05, 0.1) is 11.0 Å². The van der Waals surface area contributed by atoms with Gasteiger partial charge in [-0.05, 0) is 43.6 Å². The summed E-state index contributed by atoms with van der Waals surface area (Å²) in [6.07, 6.45) is 0.784. The molecule has 202 valence electrons. The van der Waals surface area contributed by atoms with Crippen molar-refractivity contribution < 1.29 is 32.8 Å². The third-order valence-corrected chi connectivity index (χ3v) is 6.91. The molecule has 1 saturated heterocycles. The first-order chi connectivity index (χ1) is 17.7. The zero-order valence-corrected chi connectivity index (χ0v) is 20.7. The molecule has 4 rings (SSSR count). The molecule has 0 radical (unpaired) electrons. The van der Waals surface area contributed by atoms with Crippen LogP contribution >= 0.6 is 0 Å². The highest BCUT2D eigenvalue weighted by Gasteiger charge is 2.32. The molecular formula is C25H33F3N5O4+. The van der Waals surface area contributed by atoms with E-state index in [0.717, 1.165) is 45.3 Å². The van der Waals surface area contributed by atoms with E-state index in [4.69, 9.17) is 4.84 Å². The van der Waals surface area contributed by atoms with Crippen molar-refractivity contribution in [2.45, 2.75) is 44.7 Å². The second kappa shape index (κ2) is 12.0. The van der Waals surface area contributed by atoms with Gasteiger partial charge in [-0.2, -0.15) is 0 Å². The van der Waals surface area contributed by atoms with E-state index in [2.05, 4.69) is 25.3 Å². The molecule has 3 N–H and O–H groups in total. The van der Waals surface area contributed by atoms with Gasteiger partial charge in [-0.15, -0.1) is 13.2 Å². The number of likely N-dealkylation sites (tertiary alicyclic amines) is 1. The van der Waals surface area contributed by atoms with Crippen LogP contribution < -0.4 is 15.4 Å². The lowest BCUT2D eigenvalue weighted by molar-refractivity contribution is -0.736. The smallest absolute Gasteiger partial charge is 0.405 e. The van der Waals surface area contributed by atoms with E-state index in [1.54, 1.807) is 12.1 Å². The summed E-state index contributed by atoms with van der Waals surface area (Å²) in [4.78, 5) is 23.9. The number of pyridine rings is 1. The van der Waals surface area contributed by atoms with Crippen LogP contribution in [0.25, 0.3) is 0 Å². The van der Waals surface area contributed by atoms with E-state index >= 15 is 0 Å². The van der Waals surface area contributed by atoms with E-state index < -0.39 is 6.36 Å². The van der Waals surface area contributed by atoms with Crippen LogP contribution in [0.2, 0.25) is 0 Å². The van der Waals surface area contributed by atoms with E-state index in [1.807, 2.05) is 0 Å². The molecular weight excluding hydrogens is 491 g/mol. The normalized spacial score (nSPS) is 20.7. The average molecular weight is 525 g/mol. The largest absolute Gasteiger partial charge is 0.573 e. The van der Waals surface area contributed by atoms with Crippen molar-refractivity contribution in [2.75, 3.05) is 43.9 Å². The lowest BCUT2D eigenvalue weighted by Crippen LogP contribution is -2.52. The summed E-state index contributed by atoms with van der Waals surface area (Å²) in [6.45, 7) is 3.30. The van der Waals surface area contributed by atoms with Crippen LogP contribution in [0, 0.1) is 16.7 Å². The molecule has 1 aromatic heterocycles. The first-order valence-electron chi connectivity index (χ1n) is 12.4. The van der Waals surface area contributed by atoms with E-state index in [0.29, 0.717) is 40.4 Å². The Bertz CT molecular complexity index is 1060. The number of anilines is 2. The number of aromatic nitrogens is 1. The molecule has 0 unspecified atom stereocenters. The molecule has 2 heterocycles. The SMILES string of the molecule is CO[N+](=O)c1cnc(NCc2ccccc2OC(F)(F)F)cc1NC[C@H]1CC[C@H](CN2CC(O)C2)CC1. The van der Waals surface area contributed by atoms with Crippen LogP contribution in [-0.4, -0.2) is 65.7 Å². The van der Waals surface area contributed by atoms with Gasteiger partial charge in [0.2, 0.25) is 0 Å². The molecule has 1 aliphatic carbocycles. The highest BCUT2D eigenvalue weighted by Crippen LogP contribution is 2.33. The molecule has 9 nitrogen and oxygen atoms in total. The van der Waals surface area contributed by atoms with Crippen LogP contribution in [0.5, 0.6) is 5.75 Å². The highest BCUT2D eigenvalue weighted by molar-refractivity contribution is 5.65. The third-order valence-electron chi connectivity index (χ3n) is 6.91. The molecule has 1 aromatic carbocycles. The first kappa shape index (κ1) is 26.9. The van der Waals surface area contributed by atoms with Gasteiger partial charge in [0.25, 0.3) is 4.92 Å². The minimum Gasteiger partial charge on any atom is -0.405 e. The number of nitrogens with zero attached hydrogens (tertiary/aromatic N) is 3. The fourth-order valence-electron chi connectivity index (χ4n) is 4.92. The number of aliphatic hydroxyl groups is 1. The summed E-state index contributed by atoms with van der Waals surface area (Å²) >= 11 is 0. The minimum absolute atomic E-state index is 0.0431. The maximum absolute atomic E-state index is 12.7. The molecule has 37 heavy (non-hydrogen) atoms. The Hall–Kier alpha value is -3.12. The van der Waals surface area contributed by atoms with Crippen LogP contribution in [0.15, 0.2) is 36.5 Å². The summed E-state index contributed by atoms with van der Waals surface area (Å²) in [7, 11) is 1.26. The second-order valence-electron chi connectivity index (χ2n) is 9.68. The topological polar surface area (TPSA) is 99.0 Å². The Labute approximate surface area is 213 Å². The summed E-state index contributed by atoms with van der Waals surface area (Å²) in [5.74, 6) is 1.19. The number of nitrogens with one attached hydrogen (secondary N) is 2. The van der Waals surface area contributed by atoms with Crippen molar-refractivity contribution in [3.05, 3.63) is 47.0 Å². The standard InChI is InChI=1S/C25H33F3N5O4/c1-36-33(35)22-13-31-24(30-12-19-4-2-3-5-23(19)37-25(26,27)28)10-21(22)29-11-17-6-8-18(9-7-17)14-32-15-20(34)16-32/h2-5,10,13,17-18,20,34H,6-9,11-12,14-16H2,1H3,(H2,29,30,31)/q+1/t17-,18-.